The number of hydrogen-bond donors (Lipinski definition) is 1. The number of halogens is 1. The molecule has 0 aliphatic carbocycles. The molecule has 0 aliphatic rings. The number of amides is 1. The first-order valence-electron chi connectivity index (χ1n) is 5.56. The lowest BCUT2D eigenvalue weighted by Gasteiger charge is -2.00. The Morgan fingerprint density at radius 1 is 1.26 bits per heavy atom. The first-order valence-corrected chi connectivity index (χ1v) is 5.93. The topological polar surface area (TPSA) is 73.3 Å². The lowest BCUT2D eigenvalue weighted by molar-refractivity contribution is 0.0996. The molecule has 0 radical (unpaired) electrons. The van der Waals surface area contributed by atoms with E-state index in [1.165, 1.54) is 4.52 Å². The predicted molar refractivity (Wildman–Crippen MR) is 72.0 cm³/mol. The van der Waals surface area contributed by atoms with Gasteiger partial charge in [-0.25, -0.2) is 9.50 Å². The molecule has 94 valence electrons. The molecule has 0 aliphatic heterocycles. The number of hydrogen-bond acceptors (Lipinski definition) is 3. The molecule has 2 N–H and O–H groups in total. The highest BCUT2D eigenvalue weighted by Gasteiger charge is 2.19. The summed E-state index contributed by atoms with van der Waals surface area (Å²) in [7, 11) is 0. The van der Waals surface area contributed by atoms with E-state index in [1.807, 2.05) is 0 Å². The molecular weight excluding hydrogens is 264 g/mol. The Morgan fingerprint density at radius 2 is 2.00 bits per heavy atom. The molecule has 5 nitrogen and oxygen atoms in total. The molecule has 3 aromatic rings. The summed E-state index contributed by atoms with van der Waals surface area (Å²) in [6.07, 6.45) is 3.36. The van der Waals surface area contributed by atoms with E-state index in [1.54, 1.807) is 42.7 Å². The lowest BCUT2D eigenvalue weighted by Crippen LogP contribution is -2.12. The van der Waals surface area contributed by atoms with Crippen LogP contribution in [0.15, 0.2) is 42.7 Å². The van der Waals surface area contributed by atoms with E-state index >= 15 is 0 Å². The van der Waals surface area contributed by atoms with Crippen LogP contribution in [0.4, 0.5) is 0 Å². The molecule has 0 saturated heterocycles. The van der Waals surface area contributed by atoms with Crippen LogP contribution in [0.1, 0.15) is 10.5 Å². The van der Waals surface area contributed by atoms with Gasteiger partial charge in [-0.05, 0) is 23.8 Å². The van der Waals surface area contributed by atoms with E-state index in [0.29, 0.717) is 16.2 Å². The Morgan fingerprint density at radius 3 is 2.68 bits per heavy atom. The van der Waals surface area contributed by atoms with Gasteiger partial charge in [-0.2, -0.15) is 5.10 Å². The fourth-order valence-electron chi connectivity index (χ4n) is 1.94. The molecule has 3 rings (SSSR count). The summed E-state index contributed by atoms with van der Waals surface area (Å²) < 4.78 is 1.53. The van der Waals surface area contributed by atoms with Gasteiger partial charge in [0.2, 0.25) is 0 Å². The third-order valence-corrected chi connectivity index (χ3v) is 3.01. The molecule has 0 saturated carbocycles. The van der Waals surface area contributed by atoms with Crippen LogP contribution in [0.25, 0.3) is 16.8 Å². The largest absolute Gasteiger partial charge is 0.364 e. The summed E-state index contributed by atoms with van der Waals surface area (Å²) in [5.74, 6) is -0.588. The van der Waals surface area contributed by atoms with Crippen LogP contribution < -0.4 is 5.73 Å². The highest BCUT2D eigenvalue weighted by molar-refractivity contribution is 6.30. The van der Waals surface area contributed by atoms with Gasteiger partial charge in [-0.1, -0.05) is 23.7 Å². The molecule has 0 spiro atoms. The third kappa shape index (κ3) is 1.94. The van der Waals surface area contributed by atoms with Crippen molar-refractivity contribution in [3.63, 3.8) is 0 Å². The van der Waals surface area contributed by atoms with E-state index in [0.717, 1.165) is 5.56 Å². The number of primary amides is 1. The summed E-state index contributed by atoms with van der Waals surface area (Å²) in [6.45, 7) is 0. The van der Waals surface area contributed by atoms with Gasteiger partial charge >= 0.3 is 0 Å². The molecule has 0 fully saturated rings. The average molecular weight is 273 g/mol. The van der Waals surface area contributed by atoms with E-state index in [4.69, 9.17) is 17.3 Å². The molecular formula is C13H9ClN4O. The Bertz CT molecular complexity index is 764. The van der Waals surface area contributed by atoms with Gasteiger partial charge in [0.15, 0.2) is 11.3 Å². The smallest absolute Gasteiger partial charge is 0.269 e. The Kier molecular flexibility index (Phi) is 2.68. The van der Waals surface area contributed by atoms with Crippen LogP contribution in [-0.4, -0.2) is 20.5 Å². The average Bonchev–Trinajstić information content (AvgIpc) is 2.79. The first kappa shape index (κ1) is 11.7. The fourth-order valence-corrected chi connectivity index (χ4v) is 2.07. The van der Waals surface area contributed by atoms with Gasteiger partial charge in [0.1, 0.15) is 0 Å². The summed E-state index contributed by atoms with van der Waals surface area (Å²) in [5.41, 5.74) is 7.57. The van der Waals surface area contributed by atoms with Gasteiger partial charge in [0.05, 0.1) is 5.56 Å². The van der Waals surface area contributed by atoms with Gasteiger partial charge in [-0.3, -0.25) is 4.79 Å². The minimum atomic E-state index is -0.588. The summed E-state index contributed by atoms with van der Waals surface area (Å²) in [5, 5.41) is 4.78. The maximum Gasteiger partial charge on any atom is 0.269 e. The molecule has 19 heavy (non-hydrogen) atoms. The standard InChI is InChI=1S/C13H9ClN4O/c14-9-4-2-8(3-5-9)10-11(12(15)19)17-18-7-1-6-16-13(10)18/h1-7H,(H2,15,19). The fraction of sp³-hybridized carbons (Fsp3) is 0. The van der Waals surface area contributed by atoms with Crippen molar-refractivity contribution in [1.82, 2.24) is 14.6 Å². The molecule has 1 amide bonds. The number of benzene rings is 1. The normalized spacial score (nSPS) is 10.8. The van der Waals surface area contributed by atoms with Gasteiger partial charge < -0.3 is 5.73 Å². The number of nitrogens with two attached hydrogens (primary N) is 1. The first-order chi connectivity index (χ1) is 9.16. The number of fused-ring (bicyclic) bond motifs is 1. The maximum absolute atomic E-state index is 11.5. The molecule has 2 heterocycles. The zero-order valence-corrected chi connectivity index (χ0v) is 10.5. The molecule has 0 atom stereocenters. The minimum absolute atomic E-state index is 0.195. The highest BCUT2D eigenvalue weighted by Crippen LogP contribution is 2.28. The van der Waals surface area contributed by atoms with Crippen molar-refractivity contribution in [3.05, 3.63) is 53.4 Å². The number of carbonyl (C=O) groups is 1. The van der Waals surface area contributed by atoms with Gasteiger partial charge in [0.25, 0.3) is 5.91 Å². The van der Waals surface area contributed by atoms with Crippen molar-refractivity contribution >= 4 is 23.2 Å². The third-order valence-electron chi connectivity index (χ3n) is 2.76. The molecule has 6 heteroatoms. The van der Waals surface area contributed by atoms with Crippen molar-refractivity contribution in [2.75, 3.05) is 0 Å². The van der Waals surface area contributed by atoms with E-state index < -0.39 is 5.91 Å². The quantitative estimate of drug-likeness (QED) is 0.777. The Balaban J connectivity index is 2.34. The predicted octanol–water partition coefficient (Wildman–Crippen LogP) is 2.15. The second kappa shape index (κ2) is 4.37. The number of carbonyl (C=O) groups excluding carboxylic acids is 1. The zero-order valence-electron chi connectivity index (χ0n) is 9.75. The van der Waals surface area contributed by atoms with Crippen molar-refractivity contribution in [3.8, 4) is 11.1 Å². The van der Waals surface area contributed by atoms with Gasteiger partial charge in [0, 0.05) is 17.4 Å². The van der Waals surface area contributed by atoms with Crippen LogP contribution in [-0.2, 0) is 0 Å². The monoisotopic (exact) mass is 272 g/mol. The maximum atomic E-state index is 11.5. The summed E-state index contributed by atoms with van der Waals surface area (Å²) >= 11 is 5.87. The van der Waals surface area contributed by atoms with Crippen molar-refractivity contribution in [1.29, 1.82) is 0 Å². The molecule has 0 bridgehead atoms. The van der Waals surface area contributed by atoms with Crippen molar-refractivity contribution in [2.45, 2.75) is 0 Å². The Hall–Kier alpha value is -2.40. The summed E-state index contributed by atoms with van der Waals surface area (Å²) in [6, 6.07) is 8.83. The van der Waals surface area contributed by atoms with Crippen LogP contribution in [0, 0.1) is 0 Å². The second-order valence-corrected chi connectivity index (χ2v) is 4.42. The summed E-state index contributed by atoms with van der Waals surface area (Å²) in [4.78, 5) is 15.8. The lowest BCUT2D eigenvalue weighted by atomic mass is 10.1. The zero-order chi connectivity index (χ0) is 13.4. The van der Waals surface area contributed by atoms with E-state index in [2.05, 4.69) is 10.1 Å². The molecule has 1 aromatic carbocycles. The molecule has 2 aromatic heterocycles. The highest BCUT2D eigenvalue weighted by atomic mass is 35.5. The van der Waals surface area contributed by atoms with Crippen molar-refractivity contribution in [2.24, 2.45) is 5.73 Å². The van der Waals surface area contributed by atoms with E-state index in [9.17, 15) is 4.79 Å². The van der Waals surface area contributed by atoms with Crippen molar-refractivity contribution < 1.29 is 4.79 Å². The van der Waals surface area contributed by atoms with Crippen LogP contribution in [0.5, 0.6) is 0 Å². The molecule has 0 unspecified atom stereocenters. The Labute approximate surface area is 113 Å². The number of rotatable bonds is 2. The SMILES string of the molecule is NC(=O)c1nn2cccnc2c1-c1ccc(Cl)cc1. The van der Waals surface area contributed by atoms with Crippen LogP contribution in [0.2, 0.25) is 5.02 Å². The number of aromatic nitrogens is 3. The van der Waals surface area contributed by atoms with E-state index in [-0.39, 0.29) is 5.69 Å². The van der Waals surface area contributed by atoms with Crippen LogP contribution >= 0.6 is 11.6 Å². The minimum Gasteiger partial charge on any atom is -0.364 e. The van der Waals surface area contributed by atoms with Crippen LogP contribution in [0.3, 0.4) is 0 Å². The second-order valence-electron chi connectivity index (χ2n) is 3.98. The number of nitrogens with zero attached hydrogens (tertiary/aromatic N) is 3. The van der Waals surface area contributed by atoms with Gasteiger partial charge in [-0.15, -0.1) is 0 Å².